The molecule has 2 rings (SSSR count). The van der Waals surface area contributed by atoms with Crippen LogP contribution in [0.2, 0.25) is 0 Å². The lowest BCUT2D eigenvalue weighted by Crippen LogP contribution is -2.47. The van der Waals surface area contributed by atoms with Gasteiger partial charge in [0, 0.05) is 12.0 Å². The maximum atomic E-state index is 6.22. The van der Waals surface area contributed by atoms with E-state index >= 15 is 0 Å². The molecule has 0 atom stereocenters. The molecule has 2 heteroatoms. The quantitative estimate of drug-likeness (QED) is 0.891. The Balaban J connectivity index is 2.14. The summed E-state index contributed by atoms with van der Waals surface area (Å²) in [4.78, 5) is 2.61. The standard InChI is InChI=1S/C18H30N2/c1-4-5-10-20-11-8-18(14-19,9-12-20)17-13-15(2)6-7-16(17)3/h6-7,13H,4-5,8-12,14,19H2,1-3H3. The molecule has 20 heavy (non-hydrogen) atoms. The van der Waals surface area contributed by atoms with Crippen LogP contribution in [0.5, 0.6) is 0 Å². The highest BCUT2D eigenvalue weighted by Crippen LogP contribution is 2.36. The highest BCUT2D eigenvalue weighted by molar-refractivity contribution is 5.37. The molecule has 1 fully saturated rings. The van der Waals surface area contributed by atoms with Gasteiger partial charge in [-0.15, -0.1) is 0 Å². The lowest BCUT2D eigenvalue weighted by molar-refractivity contribution is 0.160. The molecule has 0 bridgehead atoms. The molecule has 2 nitrogen and oxygen atoms in total. The van der Waals surface area contributed by atoms with Crippen LogP contribution in [0.25, 0.3) is 0 Å². The van der Waals surface area contributed by atoms with Crippen LogP contribution in [0, 0.1) is 13.8 Å². The molecule has 0 saturated carbocycles. The molecule has 1 aromatic carbocycles. The summed E-state index contributed by atoms with van der Waals surface area (Å²) in [5.74, 6) is 0. The molecule has 0 aliphatic carbocycles. The molecule has 0 spiro atoms. The van der Waals surface area contributed by atoms with Crippen molar-refractivity contribution in [3.63, 3.8) is 0 Å². The number of aryl methyl sites for hydroxylation is 2. The van der Waals surface area contributed by atoms with E-state index in [1.54, 1.807) is 0 Å². The number of piperidine rings is 1. The average molecular weight is 274 g/mol. The lowest BCUT2D eigenvalue weighted by Gasteiger charge is -2.42. The van der Waals surface area contributed by atoms with Crippen LogP contribution in [0.15, 0.2) is 18.2 Å². The van der Waals surface area contributed by atoms with E-state index in [-0.39, 0.29) is 5.41 Å². The summed E-state index contributed by atoms with van der Waals surface area (Å²) in [5, 5.41) is 0. The Morgan fingerprint density at radius 2 is 1.90 bits per heavy atom. The number of nitrogens with two attached hydrogens (primary N) is 1. The molecule has 0 amide bonds. The fraction of sp³-hybridized carbons (Fsp3) is 0.667. The fourth-order valence-electron chi connectivity index (χ4n) is 3.48. The Hall–Kier alpha value is -0.860. The zero-order chi connectivity index (χ0) is 14.6. The van der Waals surface area contributed by atoms with Crippen molar-refractivity contribution in [3.05, 3.63) is 34.9 Å². The van der Waals surface area contributed by atoms with Crippen molar-refractivity contribution in [2.24, 2.45) is 5.73 Å². The van der Waals surface area contributed by atoms with E-state index in [2.05, 4.69) is 43.9 Å². The second-order valence-electron chi connectivity index (χ2n) is 6.50. The zero-order valence-electron chi connectivity index (χ0n) is 13.4. The van der Waals surface area contributed by atoms with Crippen molar-refractivity contribution < 1.29 is 0 Å². The van der Waals surface area contributed by atoms with Crippen molar-refractivity contribution >= 4 is 0 Å². The molecule has 1 aliphatic rings. The molecule has 1 aliphatic heterocycles. The predicted molar refractivity (Wildman–Crippen MR) is 87.2 cm³/mol. The normalized spacial score (nSPS) is 19.2. The van der Waals surface area contributed by atoms with Gasteiger partial charge in [-0.25, -0.2) is 0 Å². The number of benzene rings is 1. The van der Waals surface area contributed by atoms with E-state index in [4.69, 9.17) is 5.73 Å². The first-order valence-electron chi connectivity index (χ1n) is 8.11. The van der Waals surface area contributed by atoms with Gasteiger partial charge in [-0.05, 0) is 63.9 Å². The number of nitrogens with zero attached hydrogens (tertiary/aromatic N) is 1. The monoisotopic (exact) mass is 274 g/mol. The number of likely N-dealkylation sites (tertiary alicyclic amines) is 1. The second-order valence-corrected chi connectivity index (χ2v) is 6.50. The van der Waals surface area contributed by atoms with Gasteiger partial charge >= 0.3 is 0 Å². The number of unbranched alkanes of at least 4 members (excludes halogenated alkanes) is 1. The fourth-order valence-corrected chi connectivity index (χ4v) is 3.48. The summed E-state index contributed by atoms with van der Waals surface area (Å²) in [5.41, 5.74) is 10.7. The van der Waals surface area contributed by atoms with E-state index in [0.717, 1.165) is 6.54 Å². The van der Waals surface area contributed by atoms with Gasteiger partial charge in [-0.1, -0.05) is 37.1 Å². The Bertz CT molecular complexity index is 431. The summed E-state index contributed by atoms with van der Waals surface area (Å²) in [6, 6.07) is 6.83. The zero-order valence-corrected chi connectivity index (χ0v) is 13.4. The number of hydrogen-bond donors (Lipinski definition) is 1. The molecule has 1 saturated heterocycles. The summed E-state index contributed by atoms with van der Waals surface area (Å²) in [6.45, 7) is 11.1. The molecular weight excluding hydrogens is 244 g/mol. The minimum Gasteiger partial charge on any atom is -0.330 e. The Labute approximate surface area is 124 Å². The minimum absolute atomic E-state index is 0.207. The van der Waals surface area contributed by atoms with Gasteiger partial charge in [0.2, 0.25) is 0 Å². The largest absolute Gasteiger partial charge is 0.330 e. The summed E-state index contributed by atoms with van der Waals surface area (Å²) in [7, 11) is 0. The van der Waals surface area contributed by atoms with Crippen LogP contribution >= 0.6 is 0 Å². The first-order chi connectivity index (χ1) is 9.61. The van der Waals surface area contributed by atoms with E-state index in [0.29, 0.717) is 0 Å². The van der Waals surface area contributed by atoms with Crippen LogP contribution in [0.1, 0.15) is 49.3 Å². The molecule has 112 valence electrons. The van der Waals surface area contributed by atoms with Crippen molar-refractivity contribution in [1.29, 1.82) is 0 Å². The molecule has 0 unspecified atom stereocenters. The van der Waals surface area contributed by atoms with Crippen molar-refractivity contribution in [3.8, 4) is 0 Å². The topological polar surface area (TPSA) is 29.3 Å². The van der Waals surface area contributed by atoms with Gasteiger partial charge in [0.25, 0.3) is 0 Å². The van der Waals surface area contributed by atoms with Gasteiger partial charge in [-0.3, -0.25) is 0 Å². The molecule has 0 aromatic heterocycles. The van der Waals surface area contributed by atoms with E-state index < -0.39 is 0 Å². The van der Waals surface area contributed by atoms with Crippen molar-refractivity contribution in [2.75, 3.05) is 26.2 Å². The molecule has 1 aromatic rings. The SMILES string of the molecule is CCCCN1CCC(CN)(c2cc(C)ccc2C)CC1. The first-order valence-corrected chi connectivity index (χ1v) is 8.11. The van der Waals surface area contributed by atoms with Crippen molar-refractivity contribution in [1.82, 2.24) is 4.90 Å². The van der Waals surface area contributed by atoms with Crippen LogP contribution in [-0.2, 0) is 5.41 Å². The smallest absolute Gasteiger partial charge is 0.0102 e. The van der Waals surface area contributed by atoms with E-state index in [1.807, 2.05) is 0 Å². The number of rotatable bonds is 5. The third-order valence-corrected chi connectivity index (χ3v) is 5.00. The Kier molecular flexibility index (Phi) is 5.22. The average Bonchev–Trinajstić information content (AvgIpc) is 2.48. The number of hydrogen-bond acceptors (Lipinski definition) is 2. The van der Waals surface area contributed by atoms with Crippen LogP contribution in [-0.4, -0.2) is 31.1 Å². The van der Waals surface area contributed by atoms with Crippen LogP contribution < -0.4 is 5.73 Å². The van der Waals surface area contributed by atoms with Gasteiger partial charge in [0.05, 0.1) is 0 Å². The van der Waals surface area contributed by atoms with E-state index in [9.17, 15) is 0 Å². The van der Waals surface area contributed by atoms with Crippen LogP contribution in [0.3, 0.4) is 0 Å². The van der Waals surface area contributed by atoms with E-state index in [1.165, 1.54) is 62.0 Å². The summed E-state index contributed by atoms with van der Waals surface area (Å²) >= 11 is 0. The Morgan fingerprint density at radius 1 is 1.20 bits per heavy atom. The Morgan fingerprint density at radius 3 is 2.50 bits per heavy atom. The maximum Gasteiger partial charge on any atom is 0.0102 e. The summed E-state index contributed by atoms with van der Waals surface area (Å²) < 4.78 is 0. The molecule has 1 heterocycles. The van der Waals surface area contributed by atoms with Gasteiger partial charge in [0.15, 0.2) is 0 Å². The van der Waals surface area contributed by atoms with Crippen molar-refractivity contribution in [2.45, 2.75) is 51.9 Å². The maximum absolute atomic E-state index is 6.22. The molecular formula is C18H30N2. The third-order valence-electron chi connectivity index (χ3n) is 5.00. The lowest BCUT2D eigenvalue weighted by atomic mass is 9.71. The van der Waals surface area contributed by atoms with Crippen LogP contribution in [0.4, 0.5) is 0 Å². The third kappa shape index (κ3) is 3.24. The minimum atomic E-state index is 0.207. The second kappa shape index (κ2) is 6.73. The van der Waals surface area contributed by atoms with Gasteiger partial charge in [0.1, 0.15) is 0 Å². The predicted octanol–water partition coefficient (Wildman–Crippen LogP) is 3.40. The molecule has 0 radical (unpaired) electrons. The summed E-state index contributed by atoms with van der Waals surface area (Å²) in [6.07, 6.45) is 5.02. The van der Waals surface area contributed by atoms with Gasteiger partial charge in [-0.2, -0.15) is 0 Å². The first kappa shape index (κ1) is 15.5. The highest BCUT2D eigenvalue weighted by atomic mass is 15.1. The highest BCUT2D eigenvalue weighted by Gasteiger charge is 2.35. The van der Waals surface area contributed by atoms with Gasteiger partial charge < -0.3 is 10.6 Å². The molecule has 2 N–H and O–H groups in total.